The van der Waals surface area contributed by atoms with Gasteiger partial charge in [0.15, 0.2) is 0 Å². The lowest BCUT2D eigenvalue weighted by atomic mass is 9.69. The molecule has 0 unspecified atom stereocenters. The van der Waals surface area contributed by atoms with Gasteiger partial charge in [-0.25, -0.2) is 0 Å². The summed E-state index contributed by atoms with van der Waals surface area (Å²) in [5.41, 5.74) is 31.1. The van der Waals surface area contributed by atoms with Crippen LogP contribution in [0.3, 0.4) is 0 Å². The van der Waals surface area contributed by atoms with E-state index in [1.54, 1.807) is 0 Å². The zero-order valence-electron chi connectivity index (χ0n) is 33.3. The molecule has 5 aliphatic rings. The minimum absolute atomic E-state index is 0.122. The highest BCUT2D eigenvalue weighted by Crippen LogP contribution is 2.64. The molecule has 5 aliphatic carbocycles. The van der Waals surface area contributed by atoms with Gasteiger partial charge >= 0.3 is 0 Å². The topological polar surface area (TPSA) is 3.24 Å². The number of nitrogens with zero attached hydrogens (tertiary/aromatic N) is 1. The minimum atomic E-state index is -0.445. The molecule has 7 aromatic rings. The molecule has 59 heavy (non-hydrogen) atoms. The molecule has 0 aromatic heterocycles. The van der Waals surface area contributed by atoms with Crippen molar-refractivity contribution < 1.29 is 0 Å². The normalized spacial score (nSPS) is 16.7. The lowest BCUT2D eigenvalue weighted by Crippen LogP contribution is -2.26. The number of rotatable bonds is 5. The molecule has 0 bridgehead atoms. The van der Waals surface area contributed by atoms with Crippen molar-refractivity contribution in [2.45, 2.75) is 37.5 Å². The Balaban J connectivity index is 1.08. The molecule has 1 heteroatoms. The molecule has 0 saturated carbocycles. The molecule has 0 saturated heterocycles. The minimum Gasteiger partial charge on any atom is -0.314 e. The highest BCUT2D eigenvalue weighted by Gasteiger charge is 2.53. The Labute approximate surface area is 346 Å². The Morgan fingerprint density at radius 1 is 0.492 bits per heavy atom. The summed E-state index contributed by atoms with van der Waals surface area (Å²) < 4.78 is 0. The van der Waals surface area contributed by atoms with Crippen LogP contribution in [0.25, 0.3) is 39.0 Å². The molecular formula is C58H41N. The van der Waals surface area contributed by atoms with Gasteiger partial charge in [-0.15, -0.1) is 0 Å². The molecule has 0 fully saturated rings. The zero-order chi connectivity index (χ0) is 39.3. The van der Waals surface area contributed by atoms with Crippen molar-refractivity contribution >= 4 is 28.1 Å². The molecule has 0 radical (unpaired) electrons. The maximum atomic E-state index is 3.74. The summed E-state index contributed by atoms with van der Waals surface area (Å²) in [4.78, 5) is 2.54. The first-order chi connectivity index (χ1) is 29.0. The smallest absolute Gasteiger partial charge is 0.0732 e. The maximum absolute atomic E-state index is 3.74. The van der Waals surface area contributed by atoms with Crippen LogP contribution in [-0.2, 0) is 10.8 Å². The van der Waals surface area contributed by atoms with Crippen LogP contribution in [0.1, 0.15) is 71.2 Å². The Hall–Kier alpha value is -7.14. The van der Waals surface area contributed by atoms with Gasteiger partial charge in [0.1, 0.15) is 0 Å². The molecule has 0 heterocycles. The predicted molar refractivity (Wildman–Crippen MR) is 244 cm³/mol. The maximum Gasteiger partial charge on any atom is 0.0732 e. The van der Waals surface area contributed by atoms with Crippen molar-refractivity contribution in [3.05, 3.63) is 255 Å². The van der Waals surface area contributed by atoms with Crippen molar-refractivity contribution in [1.29, 1.82) is 0 Å². The fourth-order valence-corrected chi connectivity index (χ4v) is 11.1. The van der Waals surface area contributed by atoms with Crippen LogP contribution >= 0.6 is 0 Å². The van der Waals surface area contributed by atoms with E-state index in [-0.39, 0.29) is 5.41 Å². The molecule has 0 aliphatic heterocycles. The third kappa shape index (κ3) is 4.69. The monoisotopic (exact) mass is 751 g/mol. The van der Waals surface area contributed by atoms with Gasteiger partial charge < -0.3 is 4.90 Å². The molecular weight excluding hydrogens is 711 g/mol. The Bertz CT molecular complexity index is 3100. The van der Waals surface area contributed by atoms with Gasteiger partial charge in [0.25, 0.3) is 0 Å². The average molecular weight is 752 g/mol. The lowest BCUT2D eigenvalue weighted by Gasteiger charge is -2.33. The lowest BCUT2D eigenvalue weighted by molar-refractivity contribution is 0.660. The van der Waals surface area contributed by atoms with E-state index in [4.69, 9.17) is 0 Å². The van der Waals surface area contributed by atoms with E-state index in [0.717, 1.165) is 29.7 Å². The fourth-order valence-electron chi connectivity index (χ4n) is 11.1. The van der Waals surface area contributed by atoms with E-state index < -0.39 is 5.41 Å². The third-order valence-electron chi connectivity index (χ3n) is 13.7. The summed E-state index contributed by atoms with van der Waals surface area (Å²) in [7, 11) is 0. The molecule has 7 aromatic carbocycles. The number of hydrogen-bond acceptors (Lipinski definition) is 1. The van der Waals surface area contributed by atoms with E-state index in [0.29, 0.717) is 0 Å². The largest absolute Gasteiger partial charge is 0.314 e. The van der Waals surface area contributed by atoms with Crippen molar-refractivity contribution in [1.82, 2.24) is 0 Å². The molecule has 12 rings (SSSR count). The van der Waals surface area contributed by atoms with Crippen molar-refractivity contribution in [3.63, 3.8) is 0 Å². The van der Waals surface area contributed by atoms with Gasteiger partial charge in [0.2, 0.25) is 0 Å². The van der Waals surface area contributed by atoms with Crippen molar-refractivity contribution in [2.24, 2.45) is 0 Å². The first kappa shape index (κ1) is 33.9. The molecule has 0 N–H and O–H groups in total. The zero-order valence-corrected chi connectivity index (χ0v) is 33.3. The van der Waals surface area contributed by atoms with Crippen molar-refractivity contribution in [2.75, 3.05) is 4.90 Å². The van der Waals surface area contributed by atoms with Crippen LogP contribution in [0.2, 0.25) is 0 Å². The van der Waals surface area contributed by atoms with Gasteiger partial charge in [-0.05, 0) is 116 Å². The highest BCUT2D eigenvalue weighted by molar-refractivity contribution is 6.15. The summed E-state index contributed by atoms with van der Waals surface area (Å²) >= 11 is 0. The SMILES string of the molecule is CC1(C)c2ccccc2-c2ccc(N(C3=CC=C(c4ccccc4)CC3)c3ccccc3C3=C=C=CC4=C3c3ccccc3C43c4ccccc4-c4ccccc43)cc21. The first-order valence-corrected chi connectivity index (χ1v) is 20.9. The summed E-state index contributed by atoms with van der Waals surface area (Å²) in [6.45, 7) is 4.75. The van der Waals surface area contributed by atoms with Crippen LogP contribution in [-0.4, -0.2) is 0 Å². The molecule has 0 amide bonds. The fraction of sp³-hybridized carbons (Fsp3) is 0.103. The summed E-state index contributed by atoms with van der Waals surface area (Å²) in [6, 6.07) is 63.0. The third-order valence-corrected chi connectivity index (χ3v) is 13.7. The molecule has 1 spiro atoms. The number of allylic oxidation sites excluding steroid dienone is 8. The summed E-state index contributed by atoms with van der Waals surface area (Å²) in [5, 5.41) is 0. The predicted octanol–water partition coefficient (Wildman–Crippen LogP) is 14.4. The quantitative estimate of drug-likeness (QED) is 0.158. The molecule has 1 nitrogen and oxygen atoms in total. The van der Waals surface area contributed by atoms with Crippen LogP contribution in [0, 0.1) is 0 Å². The van der Waals surface area contributed by atoms with Crippen molar-refractivity contribution in [3.8, 4) is 22.3 Å². The molecule has 0 atom stereocenters. The number of para-hydroxylation sites is 1. The van der Waals surface area contributed by atoms with Crippen LogP contribution in [0.15, 0.2) is 211 Å². The van der Waals surface area contributed by atoms with E-state index in [1.165, 1.54) is 89.3 Å². The number of fused-ring (bicyclic) bond motifs is 12. The van der Waals surface area contributed by atoms with E-state index in [2.05, 4.69) is 218 Å². The van der Waals surface area contributed by atoms with E-state index in [1.807, 2.05) is 0 Å². The van der Waals surface area contributed by atoms with Gasteiger partial charge in [0, 0.05) is 33.5 Å². The van der Waals surface area contributed by atoms with Crippen LogP contribution < -0.4 is 4.90 Å². The second kappa shape index (κ2) is 12.7. The Morgan fingerprint density at radius 2 is 1.05 bits per heavy atom. The van der Waals surface area contributed by atoms with Gasteiger partial charge in [-0.3, -0.25) is 0 Å². The Morgan fingerprint density at radius 3 is 1.73 bits per heavy atom. The highest BCUT2D eigenvalue weighted by atomic mass is 15.2. The number of anilines is 2. The van der Waals surface area contributed by atoms with E-state index in [9.17, 15) is 0 Å². The van der Waals surface area contributed by atoms with Gasteiger partial charge in [-0.2, -0.15) is 0 Å². The van der Waals surface area contributed by atoms with Crippen LogP contribution in [0.4, 0.5) is 11.4 Å². The van der Waals surface area contributed by atoms with Gasteiger partial charge in [-0.1, -0.05) is 183 Å². The number of benzene rings is 7. The standard InChI is InChI=1S/C58H41N/c1-57(2)49-25-11-6-19-42(49)45-36-35-41(37-54(45)57)59(40-33-31-39(32-34-40)38-17-4-3-5-18-38)55-30-15-10-22-46(55)47-24-16-29-53-56(47)48-23-9-14-28-52(48)58(53)50-26-12-7-20-43(50)44-21-8-13-27-51(44)58/h3-15,17-23,25-31,33,35-37H,32,34H2,1-2H3. The summed E-state index contributed by atoms with van der Waals surface area (Å²) in [6.07, 6.45) is 8.80. The molecule has 278 valence electrons. The second-order valence-corrected chi connectivity index (χ2v) is 16.9. The van der Waals surface area contributed by atoms with Gasteiger partial charge in [0.05, 0.1) is 11.1 Å². The second-order valence-electron chi connectivity index (χ2n) is 16.9. The first-order valence-electron chi connectivity index (χ1n) is 20.9. The van der Waals surface area contributed by atoms with E-state index >= 15 is 0 Å². The summed E-state index contributed by atoms with van der Waals surface area (Å²) in [5.74, 6) is 0. The van der Waals surface area contributed by atoms with Crippen LogP contribution in [0.5, 0.6) is 0 Å². The Kier molecular flexibility index (Phi) is 7.30. The number of hydrogen-bond donors (Lipinski definition) is 0. The average Bonchev–Trinajstić information content (AvgIpc) is 3.86.